The Morgan fingerprint density at radius 2 is 1.76 bits per heavy atom. The minimum Gasteiger partial charge on any atom is -0.494 e. The van der Waals surface area contributed by atoms with Crippen LogP contribution < -0.4 is 9.47 Å². The molecule has 0 amide bonds. The summed E-state index contributed by atoms with van der Waals surface area (Å²) in [5, 5.41) is 9.41. The summed E-state index contributed by atoms with van der Waals surface area (Å²) in [4.78, 5) is 0. The van der Waals surface area contributed by atoms with Crippen LogP contribution in [0.4, 0.5) is 4.39 Å². The number of halogens is 1. The summed E-state index contributed by atoms with van der Waals surface area (Å²) in [5.74, 6) is 0.915. The van der Waals surface area contributed by atoms with Crippen LogP contribution in [0, 0.1) is 5.82 Å². The largest absolute Gasteiger partial charge is 0.494 e. The lowest BCUT2D eigenvalue weighted by Crippen LogP contribution is -1.96. The molecule has 112 valence electrons. The third-order valence-electron chi connectivity index (χ3n) is 2.96. The molecule has 0 saturated heterocycles. The summed E-state index contributed by atoms with van der Waals surface area (Å²) in [5.41, 5.74) is 0.517. The lowest BCUT2D eigenvalue weighted by atomic mass is 10.1. The summed E-state index contributed by atoms with van der Waals surface area (Å²) in [6, 6.07) is 11.5. The second kappa shape index (κ2) is 7.09. The third-order valence-corrected chi connectivity index (χ3v) is 2.96. The maximum absolute atomic E-state index is 13.9. The first-order valence-corrected chi connectivity index (χ1v) is 6.98. The lowest BCUT2D eigenvalue weighted by Gasteiger charge is -2.10. The van der Waals surface area contributed by atoms with Crippen molar-refractivity contribution in [2.24, 2.45) is 0 Å². The van der Waals surface area contributed by atoms with E-state index in [4.69, 9.17) is 9.47 Å². The van der Waals surface area contributed by atoms with E-state index in [1.165, 1.54) is 12.1 Å². The van der Waals surface area contributed by atoms with E-state index >= 15 is 0 Å². The Balaban J connectivity index is 2.07. The van der Waals surface area contributed by atoms with Gasteiger partial charge in [-0.15, -0.1) is 0 Å². The van der Waals surface area contributed by atoms with Crippen molar-refractivity contribution < 1.29 is 19.0 Å². The highest BCUT2D eigenvalue weighted by Crippen LogP contribution is 2.28. The van der Waals surface area contributed by atoms with Gasteiger partial charge in [0.1, 0.15) is 11.5 Å². The molecule has 0 aliphatic heterocycles. The topological polar surface area (TPSA) is 38.7 Å². The first-order chi connectivity index (χ1) is 10.1. The van der Waals surface area contributed by atoms with Crippen molar-refractivity contribution in [1.82, 2.24) is 0 Å². The highest BCUT2D eigenvalue weighted by molar-refractivity contribution is 5.37. The number of benzene rings is 2. The maximum atomic E-state index is 13.9. The summed E-state index contributed by atoms with van der Waals surface area (Å²) < 4.78 is 24.8. The highest BCUT2D eigenvalue weighted by Gasteiger charge is 2.09. The smallest absolute Gasteiger partial charge is 0.166 e. The molecule has 0 fully saturated rings. The van der Waals surface area contributed by atoms with Crippen molar-refractivity contribution >= 4 is 0 Å². The van der Waals surface area contributed by atoms with Gasteiger partial charge in [-0.3, -0.25) is 0 Å². The molecule has 1 atom stereocenters. The molecular formula is C17H19FO3. The van der Waals surface area contributed by atoms with E-state index in [1.807, 2.05) is 6.92 Å². The summed E-state index contributed by atoms with van der Waals surface area (Å²) in [7, 11) is 0. The molecule has 21 heavy (non-hydrogen) atoms. The van der Waals surface area contributed by atoms with Gasteiger partial charge in [-0.25, -0.2) is 4.39 Å². The highest BCUT2D eigenvalue weighted by atomic mass is 19.1. The van der Waals surface area contributed by atoms with Crippen LogP contribution in [0.5, 0.6) is 17.2 Å². The molecule has 0 aromatic heterocycles. The molecule has 0 unspecified atom stereocenters. The fraction of sp³-hybridized carbons (Fsp3) is 0.294. The Bertz CT molecular complexity index is 579. The van der Waals surface area contributed by atoms with E-state index in [1.54, 1.807) is 37.3 Å². The van der Waals surface area contributed by atoms with Gasteiger partial charge in [-0.05, 0) is 55.3 Å². The minimum atomic E-state index is -0.705. The second-order valence-electron chi connectivity index (χ2n) is 4.79. The van der Waals surface area contributed by atoms with Crippen molar-refractivity contribution in [2.45, 2.75) is 26.4 Å². The van der Waals surface area contributed by atoms with Crippen LogP contribution in [0.1, 0.15) is 31.9 Å². The van der Waals surface area contributed by atoms with Crippen LogP contribution in [0.15, 0.2) is 42.5 Å². The van der Waals surface area contributed by atoms with Crippen molar-refractivity contribution in [3.63, 3.8) is 0 Å². The van der Waals surface area contributed by atoms with Gasteiger partial charge in [0.05, 0.1) is 12.7 Å². The monoisotopic (exact) mass is 290 g/mol. The molecule has 2 rings (SSSR count). The van der Waals surface area contributed by atoms with Gasteiger partial charge in [-0.1, -0.05) is 13.0 Å². The van der Waals surface area contributed by atoms with Crippen molar-refractivity contribution in [3.05, 3.63) is 53.8 Å². The third kappa shape index (κ3) is 4.20. The fourth-order valence-electron chi connectivity index (χ4n) is 1.81. The van der Waals surface area contributed by atoms with Crippen LogP contribution in [0.25, 0.3) is 0 Å². The number of aliphatic hydroxyl groups is 1. The zero-order valence-electron chi connectivity index (χ0n) is 12.2. The van der Waals surface area contributed by atoms with Crippen LogP contribution in [0.3, 0.4) is 0 Å². The van der Waals surface area contributed by atoms with Gasteiger partial charge in [-0.2, -0.15) is 0 Å². The SMILES string of the molecule is CCCOc1ccc(Oc2ccc([C@@H](C)O)cc2F)cc1. The summed E-state index contributed by atoms with van der Waals surface area (Å²) in [6.07, 6.45) is 0.238. The van der Waals surface area contributed by atoms with Crippen LogP contribution in [0.2, 0.25) is 0 Å². The molecule has 0 saturated carbocycles. The Labute approximate surface area is 124 Å². The van der Waals surface area contributed by atoms with Crippen LogP contribution in [-0.4, -0.2) is 11.7 Å². The van der Waals surface area contributed by atoms with Gasteiger partial charge in [0.15, 0.2) is 11.6 Å². The summed E-state index contributed by atoms with van der Waals surface area (Å²) >= 11 is 0. The average molecular weight is 290 g/mol. The Morgan fingerprint density at radius 1 is 1.10 bits per heavy atom. The Morgan fingerprint density at radius 3 is 2.33 bits per heavy atom. The molecule has 0 aliphatic carbocycles. The second-order valence-corrected chi connectivity index (χ2v) is 4.79. The van der Waals surface area contributed by atoms with Crippen LogP contribution in [-0.2, 0) is 0 Å². The molecule has 0 bridgehead atoms. The van der Waals surface area contributed by atoms with Gasteiger partial charge in [0.2, 0.25) is 0 Å². The molecular weight excluding hydrogens is 271 g/mol. The van der Waals surface area contributed by atoms with Gasteiger partial charge in [0.25, 0.3) is 0 Å². The van der Waals surface area contributed by atoms with Crippen molar-refractivity contribution in [2.75, 3.05) is 6.61 Å². The number of rotatable bonds is 6. The number of aliphatic hydroxyl groups excluding tert-OH is 1. The quantitative estimate of drug-likeness (QED) is 0.853. The molecule has 0 spiro atoms. The first kappa shape index (κ1) is 15.3. The zero-order valence-corrected chi connectivity index (χ0v) is 12.2. The number of ether oxygens (including phenoxy) is 2. The maximum Gasteiger partial charge on any atom is 0.166 e. The normalized spacial score (nSPS) is 12.0. The molecule has 0 heterocycles. The van der Waals surface area contributed by atoms with E-state index < -0.39 is 11.9 Å². The molecule has 0 aliphatic rings. The van der Waals surface area contributed by atoms with Crippen molar-refractivity contribution in [1.29, 1.82) is 0 Å². The first-order valence-electron chi connectivity index (χ1n) is 6.98. The van der Waals surface area contributed by atoms with E-state index in [-0.39, 0.29) is 5.75 Å². The fourth-order valence-corrected chi connectivity index (χ4v) is 1.81. The van der Waals surface area contributed by atoms with Crippen LogP contribution >= 0.6 is 0 Å². The minimum absolute atomic E-state index is 0.127. The standard InChI is InChI=1S/C17H19FO3/c1-3-10-20-14-5-7-15(8-6-14)21-17-9-4-13(12(2)19)11-16(17)18/h4-9,11-12,19H,3,10H2,1-2H3/t12-/m1/s1. The molecule has 1 N–H and O–H groups in total. The van der Waals surface area contributed by atoms with E-state index in [2.05, 4.69) is 0 Å². The molecule has 3 nitrogen and oxygen atoms in total. The van der Waals surface area contributed by atoms with Crippen molar-refractivity contribution in [3.8, 4) is 17.2 Å². The Kier molecular flexibility index (Phi) is 5.17. The van der Waals surface area contributed by atoms with Gasteiger partial charge < -0.3 is 14.6 Å². The Hall–Kier alpha value is -2.07. The van der Waals surface area contributed by atoms with E-state index in [0.29, 0.717) is 17.9 Å². The van der Waals surface area contributed by atoms with E-state index in [9.17, 15) is 9.50 Å². The molecule has 2 aromatic rings. The lowest BCUT2D eigenvalue weighted by molar-refractivity contribution is 0.198. The predicted molar refractivity (Wildman–Crippen MR) is 79.3 cm³/mol. The molecule has 2 aromatic carbocycles. The number of hydrogen-bond acceptors (Lipinski definition) is 3. The number of hydrogen-bond donors (Lipinski definition) is 1. The average Bonchev–Trinajstić information content (AvgIpc) is 2.48. The zero-order chi connectivity index (χ0) is 15.2. The molecule has 0 radical (unpaired) electrons. The van der Waals surface area contributed by atoms with Gasteiger partial charge >= 0.3 is 0 Å². The van der Waals surface area contributed by atoms with E-state index in [0.717, 1.165) is 12.2 Å². The predicted octanol–water partition coefficient (Wildman–Crippen LogP) is 4.46. The van der Waals surface area contributed by atoms with Gasteiger partial charge in [0, 0.05) is 0 Å². The summed E-state index contributed by atoms with van der Waals surface area (Å²) in [6.45, 7) is 4.29. The molecule has 4 heteroatoms.